The van der Waals surface area contributed by atoms with Crippen molar-refractivity contribution in [1.82, 2.24) is 0 Å². The van der Waals surface area contributed by atoms with Gasteiger partial charge < -0.3 is 9.64 Å². The fourth-order valence-corrected chi connectivity index (χ4v) is 1.67. The summed E-state index contributed by atoms with van der Waals surface area (Å²) in [6.07, 6.45) is 0. The predicted molar refractivity (Wildman–Crippen MR) is 55.0 cm³/mol. The van der Waals surface area contributed by atoms with Crippen molar-refractivity contribution in [3.05, 3.63) is 29.6 Å². The first kappa shape index (κ1) is 10.8. The van der Waals surface area contributed by atoms with Gasteiger partial charge in [-0.15, -0.1) is 0 Å². The monoisotopic (exact) mass is 223 g/mol. The molecule has 0 atom stereocenters. The first-order valence-electron chi connectivity index (χ1n) is 4.80. The number of rotatable bonds is 3. The Labute approximate surface area is 91.6 Å². The number of ether oxygens (including phenoxy) is 1. The highest BCUT2D eigenvalue weighted by Gasteiger charge is 2.35. The van der Waals surface area contributed by atoms with Crippen LogP contribution in [-0.2, 0) is 9.53 Å². The second-order valence-electron chi connectivity index (χ2n) is 3.44. The lowest BCUT2D eigenvalue weighted by Crippen LogP contribution is -2.32. The van der Waals surface area contributed by atoms with Gasteiger partial charge in [0.25, 0.3) is 11.7 Å². The van der Waals surface area contributed by atoms with Crippen LogP contribution in [0, 0.1) is 5.82 Å². The molecule has 0 spiro atoms. The van der Waals surface area contributed by atoms with Crippen LogP contribution in [0.15, 0.2) is 18.2 Å². The van der Waals surface area contributed by atoms with E-state index in [1.807, 2.05) is 0 Å². The molecule has 0 radical (unpaired) electrons. The fraction of sp³-hybridized carbons (Fsp3) is 0.273. The van der Waals surface area contributed by atoms with Crippen LogP contribution < -0.4 is 4.90 Å². The van der Waals surface area contributed by atoms with E-state index in [0.717, 1.165) is 0 Å². The van der Waals surface area contributed by atoms with Gasteiger partial charge in [-0.2, -0.15) is 0 Å². The minimum absolute atomic E-state index is 0.248. The number of carbonyl (C=O) groups is 2. The summed E-state index contributed by atoms with van der Waals surface area (Å²) in [4.78, 5) is 24.3. The van der Waals surface area contributed by atoms with Crippen molar-refractivity contribution >= 4 is 17.4 Å². The first-order valence-corrected chi connectivity index (χ1v) is 4.80. The van der Waals surface area contributed by atoms with Gasteiger partial charge in [0.15, 0.2) is 0 Å². The zero-order valence-electron chi connectivity index (χ0n) is 8.70. The van der Waals surface area contributed by atoms with Gasteiger partial charge in [-0.05, 0) is 18.2 Å². The molecule has 5 heteroatoms. The molecular weight excluding hydrogens is 213 g/mol. The molecule has 0 unspecified atom stereocenters. The summed E-state index contributed by atoms with van der Waals surface area (Å²) >= 11 is 0. The molecule has 1 aromatic rings. The molecule has 1 aromatic carbocycles. The van der Waals surface area contributed by atoms with E-state index in [1.54, 1.807) is 0 Å². The highest BCUT2D eigenvalue weighted by atomic mass is 19.1. The van der Waals surface area contributed by atoms with E-state index in [1.165, 1.54) is 30.2 Å². The van der Waals surface area contributed by atoms with Crippen LogP contribution in [0.25, 0.3) is 0 Å². The normalized spacial score (nSPS) is 14.5. The average molecular weight is 223 g/mol. The number of ketones is 1. The van der Waals surface area contributed by atoms with Gasteiger partial charge in [0, 0.05) is 13.7 Å². The Bertz CT molecular complexity index is 459. The average Bonchev–Trinajstić information content (AvgIpc) is 2.50. The van der Waals surface area contributed by atoms with E-state index in [9.17, 15) is 14.0 Å². The van der Waals surface area contributed by atoms with Gasteiger partial charge >= 0.3 is 0 Å². The summed E-state index contributed by atoms with van der Waals surface area (Å²) in [6, 6.07) is 3.69. The number of halogens is 1. The topological polar surface area (TPSA) is 46.6 Å². The number of amides is 1. The van der Waals surface area contributed by atoms with Gasteiger partial charge in [0.2, 0.25) is 0 Å². The molecule has 0 aromatic heterocycles. The summed E-state index contributed by atoms with van der Waals surface area (Å²) in [5, 5.41) is 0. The minimum Gasteiger partial charge on any atom is -0.383 e. The second kappa shape index (κ2) is 4.02. The lowest BCUT2D eigenvalue weighted by Gasteiger charge is -2.15. The van der Waals surface area contributed by atoms with E-state index in [0.29, 0.717) is 12.3 Å². The molecule has 1 amide bonds. The summed E-state index contributed by atoms with van der Waals surface area (Å²) < 4.78 is 17.9. The number of hydrogen-bond donors (Lipinski definition) is 0. The lowest BCUT2D eigenvalue weighted by molar-refractivity contribution is -0.114. The fourth-order valence-electron chi connectivity index (χ4n) is 1.67. The molecule has 0 saturated heterocycles. The summed E-state index contributed by atoms with van der Waals surface area (Å²) in [5.41, 5.74) is 0.578. The Morgan fingerprint density at radius 2 is 2.12 bits per heavy atom. The van der Waals surface area contributed by atoms with Crippen LogP contribution in [0.3, 0.4) is 0 Å². The molecule has 1 aliphatic heterocycles. The third-order valence-electron chi connectivity index (χ3n) is 2.45. The number of hydrogen-bond acceptors (Lipinski definition) is 3. The number of benzene rings is 1. The highest BCUT2D eigenvalue weighted by Crippen LogP contribution is 2.29. The number of fused-ring (bicyclic) bond motifs is 1. The number of Topliss-reactive ketones (excluding diaryl/α,β-unsaturated/α-hetero) is 1. The van der Waals surface area contributed by atoms with Crippen LogP contribution in [-0.4, -0.2) is 32.0 Å². The molecule has 1 aliphatic rings. The molecule has 4 nitrogen and oxygen atoms in total. The van der Waals surface area contributed by atoms with E-state index in [-0.39, 0.29) is 12.1 Å². The van der Waals surface area contributed by atoms with Gasteiger partial charge in [-0.25, -0.2) is 4.39 Å². The maximum atomic E-state index is 13.0. The Morgan fingerprint density at radius 1 is 1.38 bits per heavy atom. The lowest BCUT2D eigenvalue weighted by atomic mass is 10.1. The maximum absolute atomic E-state index is 13.0. The molecule has 2 rings (SSSR count). The smallest absolute Gasteiger partial charge is 0.299 e. The van der Waals surface area contributed by atoms with Crippen molar-refractivity contribution in [1.29, 1.82) is 0 Å². The van der Waals surface area contributed by atoms with Gasteiger partial charge in [-0.3, -0.25) is 9.59 Å². The largest absolute Gasteiger partial charge is 0.383 e. The number of nitrogens with zero attached hydrogens (tertiary/aromatic N) is 1. The zero-order chi connectivity index (χ0) is 11.7. The van der Waals surface area contributed by atoms with Crippen LogP contribution >= 0.6 is 0 Å². The quantitative estimate of drug-likeness (QED) is 0.718. The molecule has 16 heavy (non-hydrogen) atoms. The first-order chi connectivity index (χ1) is 7.65. The van der Waals surface area contributed by atoms with Gasteiger partial charge in [0.05, 0.1) is 17.9 Å². The molecule has 1 heterocycles. The zero-order valence-corrected chi connectivity index (χ0v) is 8.70. The molecule has 0 bridgehead atoms. The van der Waals surface area contributed by atoms with Crippen LogP contribution in [0.2, 0.25) is 0 Å². The van der Waals surface area contributed by atoms with Crippen molar-refractivity contribution in [2.24, 2.45) is 0 Å². The third-order valence-corrected chi connectivity index (χ3v) is 2.45. The molecule has 0 fully saturated rings. The maximum Gasteiger partial charge on any atom is 0.299 e. The summed E-state index contributed by atoms with van der Waals surface area (Å²) in [7, 11) is 1.49. The molecule has 0 N–H and O–H groups in total. The van der Waals surface area contributed by atoms with Crippen molar-refractivity contribution in [2.45, 2.75) is 0 Å². The van der Waals surface area contributed by atoms with Gasteiger partial charge in [0.1, 0.15) is 5.82 Å². The van der Waals surface area contributed by atoms with E-state index >= 15 is 0 Å². The van der Waals surface area contributed by atoms with Crippen molar-refractivity contribution in [3.8, 4) is 0 Å². The van der Waals surface area contributed by atoms with Crippen molar-refractivity contribution in [3.63, 3.8) is 0 Å². The van der Waals surface area contributed by atoms with E-state index in [2.05, 4.69) is 0 Å². The van der Waals surface area contributed by atoms with E-state index in [4.69, 9.17) is 4.74 Å². The second-order valence-corrected chi connectivity index (χ2v) is 3.44. The molecule has 0 aliphatic carbocycles. The number of methoxy groups -OCH3 is 1. The molecule has 0 saturated carbocycles. The Hall–Kier alpha value is -1.75. The Balaban J connectivity index is 2.39. The van der Waals surface area contributed by atoms with Crippen molar-refractivity contribution in [2.75, 3.05) is 25.2 Å². The predicted octanol–water partition coefficient (Wildman–Crippen LogP) is 1.00. The number of carbonyl (C=O) groups excluding carboxylic acids is 2. The van der Waals surface area contributed by atoms with Crippen molar-refractivity contribution < 1.29 is 18.7 Å². The Kier molecular flexibility index (Phi) is 2.70. The summed E-state index contributed by atoms with van der Waals surface area (Å²) in [5.74, 6) is -1.69. The standard InChI is InChI=1S/C11H10FNO3/c1-16-5-4-13-9-6-7(12)2-3-8(9)10(14)11(13)15/h2-3,6H,4-5H2,1H3. The minimum atomic E-state index is -0.627. The summed E-state index contributed by atoms with van der Waals surface area (Å²) in [6.45, 7) is 0.548. The number of anilines is 1. The SMILES string of the molecule is COCCN1C(=O)C(=O)c2ccc(F)cc21. The molecular formula is C11H10FNO3. The van der Waals surface area contributed by atoms with Gasteiger partial charge in [-0.1, -0.05) is 0 Å². The third kappa shape index (κ3) is 1.59. The van der Waals surface area contributed by atoms with E-state index < -0.39 is 17.5 Å². The van der Waals surface area contributed by atoms with Crippen LogP contribution in [0.1, 0.15) is 10.4 Å². The highest BCUT2D eigenvalue weighted by molar-refractivity contribution is 6.52. The van der Waals surface area contributed by atoms with Crippen LogP contribution in [0.5, 0.6) is 0 Å². The van der Waals surface area contributed by atoms with Crippen LogP contribution in [0.4, 0.5) is 10.1 Å². The Morgan fingerprint density at radius 3 is 2.81 bits per heavy atom. The molecule has 84 valence electrons.